The van der Waals surface area contributed by atoms with Crippen molar-refractivity contribution >= 4 is 23.8 Å². The lowest BCUT2D eigenvalue weighted by atomic mass is 10.1. The van der Waals surface area contributed by atoms with E-state index in [1.165, 1.54) is 0 Å². The summed E-state index contributed by atoms with van der Waals surface area (Å²) in [6.45, 7) is 11.3. The van der Waals surface area contributed by atoms with E-state index in [2.05, 4.69) is 23.1 Å². The molecule has 0 saturated heterocycles. The lowest BCUT2D eigenvalue weighted by Crippen LogP contribution is -1.81. The van der Waals surface area contributed by atoms with E-state index in [0.29, 0.717) is 0 Å². The molecule has 0 saturated carbocycles. The molecule has 1 aromatic carbocycles. The summed E-state index contributed by atoms with van der Waals surface area (Å²) >= 11 is 0. The second-order valence-corrected chi connectivity index (χ2v) is 3.42. The molecule has 0 aliphatic heterocycles. The molecule has 0 atom stereocenters. The van der Waals surface area contributed by atoms with Gasteiger partial charge in [0.05, 0.1) is 11.4 Å². The molecule has 82 valence electrons. The van der Waals surface area contributed by atoms with Crippen molar-refractivity contribution < 1.29 is 0 Å². The largest absolute Gasteiger partial charge is 0.254 e. The van der Waals surface area contributed by atoms with Crippen molar-refractivity contribution in [3.63, 3.8) is 0 Å². The zero-order valence-corrected chi connectivity index (χ0v) is 9.77. The first-order chi connectivity index (χ1) is 7.70. The molecule has 16 heavy (non-hydrogen) atoms. The van der Waals surface area contributed by atoms with Crippen molar-refractivity contribution in [1.29, 1.82) is 0 Å². The summed E-state index contributed by atoms with van der Waals surface area (Å²) in [5.74, 6) is 0. The van der Waals surface area contributed by atoms with Gasteiger partial charge in [0, 0.05) is 12.4 Å². The van der Waals surface area contributed by atoms with E-state index in [1.807, 2.05) is 26.0 Å². The van der Waals surface area contributed by atoms with Crippen LogP contribution in [0.2, 0.25) is 0 Å². The molecule has 0 radical (unpaired) electrons. The fraction of sp³-hybridized carbons (Fsp3) is 0.143. The molecule has 0 unspecified atom stereocenters. The number of hydrogen-bond donors (Lipinski definition) is 0. The van der Waals surface area contributed by atoms with Gasteiger partial charge in [-0.15, -0.1) is 0 Å². The summed E-state index contributed by atoms with van der Waals surface area (Å²) in [4.78, 5) is 8.69. The van der Waals surface area contributed by atoms with Crippen molar-refractivity contribution in [2.24, 2.45) is 9.98 Å². The molecular formula is C14H16N2. The Morgan fingerprint density at radius 2 is 1.25 bits per heavy atom. The van der Waals surface area contributed by atoms with Crippen LogP contribution in [0.1, 0.15) is 11.1 Å². The molecule has 0 spiro atoms. The van der Waals surface area contributed by atoms with Gasteiger partial charge in [-0.3, -0.25) is 9.98 Å². The summed E-state index contributed by atoms with van der Waals surface area (Å²) in [5, 5.41) is 0. The van der Waals surface area contributed by atoms with Gasteiger partial charge in [-0.2, -0.15) is 0 Å². The third-order valence-corrected chi connectivity index (χ3v) is 2.17. The van der Waals surface area contributed by atoms with Gasteiger partial charge in [-0.05, 0) is 25.0 Å². The Hall–Kier alpha value is -1.96. The van der Waals surface area contributed by atoms with Crippen LogP contribution >= 0.6 is 0 Å². The Morgan fingerprint density at radius 3 is 1.56 bits per heavy atom. The van der Waals surface area contributed by atoms with Crippen molar-refractivity contribution in [3.8, 4) is 0 Å². The molecule has 0 heterocycles. The van der Waals surface area contributed by atoms with Crippen LogP contribution in [0.5, 0.6) is 0 Å². The Labute approximate surface area is 96.8 Å². The number of hydrogen-bond acceptors (Lipinski definition) is 2. The van der Waals surface area contributed by atoms with Crippen molar-refractivity contribution in [3.05, 3.63) is 48.6 Å². The average molecular weight is 212 g/mol. The van der Waals surface area contributed by atoms with Crippen LogP contribution in [-0.4, -0.2) is 12.4 Å². The third kappa shape index (κ3) is 2.76. The summed E-state index contributed by atoms with van der Waals surface area (Å²) in [6.07, 6.45) is 6.66. The SMILES string of the molecule is C=C/C=N\c1c(C)ccc(C)c1/N=C\C=C. The Morgan fingerprint density at radius 1 is 0.875 bits per heavy atom. The molecule has 2 nitrogen and oxygen atoms in total. The van der Waals surface area contributed by atoms with Crippen LogP contribution in [0.3, 0.4) is 0 Å². The minimum atomic E-state index is 0.887. The van der Waals surface area contributed by atoms with Crippen molar-refractivity contribution in [2.45, 2.75) is 13.8 Å². The molecule has 0 aromatic heterocycles. The normalized spacial score (nSPS) is 11.1. The second-order valence-electron chi connectivity index (χ2n) is 3.42. The minimum absolute atomic E-state index is 0.887. The average Bonchev–Trinajstić information content (AvgIpc) is 2.29. The number of allylic oxidation sites excluding steroid dienone is 2. The zero-order chi connectivity index (χ0) is 12.0. The van der Waals surface area contributed by atoms with E-state index in [4.69, 9.17) is 0 Å². The highest BCUT2D eigenvalue weighted by Crippen LogP contribution is 2.34. The topological polar surface area (TPSA) is 24.7 Å². The van der Waals surface area contributed by atoms with E-state index < -0.39 is 0 Å². The first kappa shape index (κ1) is 12.1. The number of benzene rings is 1. The van der Waals surface area contributed by atoms with Gasteiger partial charge in [0.15, 0.2) is 0 Å². The third-order valence-electron chi connectivity index (χ3n) is 2.17. The lowest BCUT2D eigenvalue weighted by molar-refractivity contribution is 1.32. The van der Waals surface area contributed by atoms with E-state index in [0.717, 1.165) is 22.5 Å². The number of aryl methyl sites for hydroxylation is 2. The van der Waals surface area contributed by atoms with Gasteiger partial charge in [-0.1, -0.05) is 37.4 Å². The number of rotatable bonds is 4. The highest BCUT2D eigenvalue weighted by atomic mass is 14.8. The fourth-order valence-corrected chi connectivity index (χ4v) is 1.36. The van der Waals surface area contributed by atoms with Gasteiger partial charge < -0.3 is 0 Å². The van der Waals surface area contributed by atoms with E-state index >= 15 is 0 Å². The summed E-state index contributed by atoms with van der Waals surface area (Å²) in [5.41, 5.74) is 3.97. The maximum atomic E-state index is 4.35. The monoisotopic (exact) mass is 212 g/mol. The van der Waals surface area contributed by atoms with Crippen LogP contribution in [0.4, 0.5) is 11.4 Å². The Kier molecular flexibility index (Phi) is 4.40. The van der Waals surface area contributed by atoms with Gasteiger partial charge >= 0.3 is 0 Å². The van der Waals surface area contributed by atoms with Crippen molar-refractivity contribution in [2.75, 3.05) is 0 Å². The van der Waals surface area contributed by atoms with Crippen LogP contribution in [0.25, 0.3) is 0 Å². The smallest absolute Gasteiger partial charge is 0.0917 e. The molecular weight excluding hydrogens is 196 g/mol. The van der Waals surface area contributed by atoms with Crippen LogP contribution in [0, 0.1) is 13.8 Å². The predicted molar refractivity (Wildman–Crippen MR) is 72.6 cm³/mol. The van der Waals surface area contributed by atoms with Crippen LogP contribution in [-0.2, 0) is 0 Å². The molecule has 0 fully saturated rings. The summed E-state index contributed by atoms with van der Waals surface area (Å²) < 4.78 is 0. The van der Waals surface area contributed by atoms with Gasteiger partial charge in [0.1, 0.15) is 0 Å². The first-order valence-electron chi connectivity index (χ1n) is 5.11. The highest BCUT2D eigenvalue weighted by molar-refractivity contribution is 5.83. The molecule has 0 aliphatic rings. The van der Waals surface area contributed by atoms with Gasteiger partial charge in [0.25, 0.3) is 0 Å². The number of aliphatic imine (C=N–C) groups is 2. The van der Waals surface area contributed by atoms with E-state index in [9.17, 15) is 0 Å². The standard InChI is InChI=1S/C14H16N2/c1-5-9-15-13-11(3)7-8-12(4)14(13)16-10-6-2/h5-10H,1-2H2,3-4H3/b15-9-,16-10-. The molecule has 0 bridgehead atoms. The molecule has 0 aliphatic carbocycles. The molecule has 0 N–H and O–H groups in total. The highest BCUT2D eigenvalue weighted by Gasteiger charge is 2.05. The fourth-order valence-electron chi connectivity index (χ4n) is 1.36. The van der Waals surface area contributed by atoms with Crippen molar-refractivity contribution in [1.82, 2.24) is 0 Å². The molecule has 2 heteroatoms. The molecule has 1 rings (SSSR count). The Bertz CT molecular complexity index is 411. The zero-order valence-electron chi connectivity index (χ0n) is 9.77. The maximum Gasteiger partial charge on any atom is 0.0917 e. The lowest BCUT2D eigenvalue weighted by Gasteiger charge is -2.07. The quantitative estimate of drug-likeness (QED) is 0.672. The first-order valence-corrected chi connectivity index (χ1v) is 5.11. The van der Waals surface area contributed by atoms with E-state index in [1.54, 1.807) is 24.6 Å². The number of nitrogens with zero attached hydrogens (tertiary/aromatic N) is 2. The second kappa shape index (κ2) is 5.81. The van der Waals surface area contributed by atoms with Gasteiger partial charge in [-0.25, -0.2) is 0 Å². The maximum absolute atomic E-state index is 4.35. The van der Waals surface area contributed by atoms with Crippen LogP contribution < -0.4 is 0 Å². The van der Waals surface area contributed by atoms with Gasteiger partial charge in [0.2, 0.25) is 0 Å². The molecule has 0 amide bonds. The van der Waals surface area contributed by atoms with E-state index in [-0.39, 0.29) is 0 Å². The molecule has 1 aromatic rings. The summed E-state index contributed by atoms with van der Waals surface area (Å²) in [6, 6.07) is 4.08. The minimum Gasteiger partial charge on any atom is -0.254 e. The Balaban J connectivity index is 3.35. The van der Waals surface area contributed by atoms with Crippen LogP contribution in [0.15, 0.2) is 47.4 Å². The summed E-state index contributed by atoms with van der Waals surface area (Å²) in [7, 11) is 0. The predicted octanol–water partition coefficient (Wildman–Crippen LogP) is 4.08.